The summed E-state index contributed by atoms with van der Waals surface area (Å²) in [6.07, 6.45) is 7.47. The Hall–Kier alpha value is -3.46. The quantitative estimate of drug-likeness (QED) is 0.346. The molecule has 1 heterocycles. The van der Waals surface area contributed by atoms with Crippen LogP contribution in [0.5, 0.6) is 17.2 Å². The highest BCUT2D eigenvalue weighted by molar-refractivity contribution is 9.12. The van der Waals surface area contributed by atoms with E-state index in [2.05, 4.69) is 15.9 Å². The summed E-state index contributed by atoms with van der Waals surface area (Å²) in [5.74, 6) is -2.60. The van der Waals surface area contributed by atoms with Crippen LogP contribution in [0.15, 0.2) is 51.6 Å². The van der Waals surface area contributed by atoms with E-state index in [0.29, 0.717) is 23.1 Å². The molecule has 1 N–H and O–H groups in total. The van der Waals surface area contributed by atoms with Gasteiger partial charge in [0.1, 0.15) is 0 Å². The Bertz CT molecular complexity index is 1330. The van der Waals surface area contributed by atoms with Crippen LogP contribution in [0.2, 0.25) is 0 Å². The summed E-state index contributed by atoms with van der Waals surface area (Å²) in [6, 6.07) is 3.27. The summed E-state index contributed by atoms with van der Waals surface area (Å²) in [5, 5.41) is 10.2. The predicted octanol–water partition coefficient (Wildman–Crippen LogP) is 3.35. The number of halogens is 1. The maximum absolute atomic E-state index is 13.1. The van der Waals surface area contributed by atoms with Crippen LogP contribution in [0.1, 0.15) is 18.4 Å². The van der Waals surface area contributed by atoms with Crippen LogP contribution in [-0.2, 0) is 19.2 Å². The van der Waals surface area contributed by atoms with Crippen LogP contribution in [-0.4, -0.2) is 54.7 Å². The second-order valence-electron chi connectivity index (χ2n) is 9.31. The number of nitrogens with zero attached hydrogens (tertiary/aromatic N) is 1. The third-order valence-corrected chi connectivity index (χ3v) is 8.17. The molecule has 4 atom stereocenters. The van der Waals surface area contributed by atoms with E-state index < -0.39 is 17.8 Å². The van der Waals surface area contributed by atoms with Gasteiger partial charge in [-0.25, -0.2) is 0 Å². The number of benzene rings is 1. The molecule has 9 heteroatoms. The summed E-state index contributed by atoms with van der Waals surface area (Å²) in [4.78, 5) is 53.2. The number of methoxy groups -OCH3 is 2. The fourth-order valence-electron chi connectivity index (χ4n) is 5.86. The molecule has 1 fully saturated rings. The number of amides is 2. The molecule has 8 nitrogen and oxygen atoms in total. The molecular weight excluding hydrogens is 530 g/mol. The number of phenolic OH excluding ortho intramolecular Hbond substituents is 1. The van der Waals surface area contributed by atoms with Crippen LogP contribution in [0.25, 0.3) is 6.08 Å². The topological polar surface area (TPSA) is 110 Å². The van der Waals surface area contributed by atoms with Crippen molar-refractivity contribution in [1.29, 1.82) is 0 Å². The van der Waals surface area contributed by atoms with Crippen molar-refractivity contribution in [3.8, 4) is 17.2 Å². The normalized spacial score (nSPS) is 27.6. The summed E-state index contributed by atoms with van der Waals surface area (Å²) in [5.41, 5.74) is 2.29. The van der Waals surface area contributed by atoms with Crippen LogP contribution in [0, 0.1) is 23.7 Å². The highest BCUT2D eigenvalue weighted by Crippen LogP contribution is 2.52. The molecule has 1 saturated heterocycles. The third kappa shape index (κ3) is 3.56. The van der Waals surface area contributed by atoms with E-state index in [1.54, 1.807) is 18.2 Å². The number of phenols is 1. The van der Waals surface area contributed by atoms with Crippen molar-refractivity contribution in [2.45, 2.75) is 12.8 Å². The lowest BCUT2D eigenvalue weighted by Gasteiger charge is -2.41. The van der Waals surface area contributed by atoms with Crippen molar-refractivity contribution < 1.29 is 33.8 Å². The van der Waals surface area contributed by atoms with Crippen LogP contribution >= 0.6 is 15.9 Å². The molecule has 2 amide bonds. The Morgan fingerprint density at radius 1 is 1.06 bits per heavy atom. The van der Waals surface area contributed by atoms with Gasteiger partial charge in [0.05, 0.1) is 30.5 Å². The zero-order valence-corrected chi connectivity index (χ0v) is 21.5. The molecule has 0 bridgehead atoms. The lowest BCUT2D eigenvalue weighted by Crippen LogP contribution is -2.39. The van der Waals surface area contributed by atoms with Crippen molar-refractivity contribution >= 4 is 45.4 Å². The molecule has 5 rings (SSSR count). The number of ether oxygens (including phenoxy) is 2. The predicted molar refractivity (Wildman–Crippen MR) is 133 cm³/mol. The zero-order chi connectivity index (χ0) is 25.9. The van der Waals surface area contributed by atoms with Crippen molar-refractivity contribution in [1.82, 2.24) is 4.90 Å². The number of imide groups is 1. The molecule has 1 aromatic rings. The minimum atomic E-state index is -0.561. The van der Waals surface area contributed by atoms with Crippen molar-refractivity contribution in [2.75, 3.05) is 21.3 Å². The number of fused-ring (bicyclic) bond motifs is 3. The number of Topliss-reactive ketones (excluding diaryl/α,β-unsaturated/α-hetero) is 1. The fraction of sp³-hybridized carbons (Fsp3) is 0.333. The van der Waals surface area contributed by atoms with Gasteiger partial charge in [0.2, 0.25) is 17.6 Å². The minimum Gasteiger partial charge on any atom is -0.502 e. The summed E-state index contributed by atoms with van der Waals surface area (Å²) in [7, 11) is 4.36. The van der Waals surface area contributed by atoms with E-state index in [0.717, 1.165) is 5.57 Å². The van der Waals surface area contributed by atoms with E-state index in [1.807, 2.05) is 12.2 Å². The molecule has 36 heavy (non-hydrogen) atoms. The zero-order valence-electron chi connectivity index (χ0n) is 19.9. The highest BCUT2D eigenvalue weighted by atomic mass is 79.9. The minimum absolute atomic E-state index is 0.127. The van der Waals surface area contributed by atoms with Gasteiger partial charge in [0.15, 0.2) is 23.1 Å². The average molecular weight is 554 g/mol. The first-order valence-corrected chi connectivity index (χ1v) is 12.3. The van der Waals surface area contributed by atoms with Gasteiger partial charge in [-0.05, 0) is 52.4 Å². The summed E-state index contributed by atoms with van der Waals surface area (Å²) < 4.78 is 10.7. The average Bonchev–Trinajstić information content (AvgIpc) is 3.09. The first-order chi connectivity index (χ1) is 17.2. The van der Waals surface area contributed by atoms with Gasteiger partial charge in [0, 0.05) is 30.2 Å². The monoisotopic (exact) mass is 553 g/mol. The number of carbonyl (C=O) groups excluding carboxylic acids is 4. The van der Waals surface area contributed by atoms with Gasteiger partial charge in [0.25, 0.3) is 0 Å². The Balaban J connectivity index is 1.62. The van der Waals surface area contributed by atoms with E-state index in [4.69, 9.17) is 9.47 Å². The number of rotatable bonds is 4. The van der Waals surface area contributed by atoms with E-state index in [9.17, 15) is 24.3 Å². The van der Waals surface area contributed by atoms with Crippen LogP contribution < -0.4 is 9.47 Å². The number of allylic oxidation sites excluding steroid dienone is 7. The summed E-state index contributed by atoms with van der Waals surface area (Å²) in [6.45, 7) is 0. The maximum atomic E-state index is 13.1. The standard InChI is InChI=1S/C27H24BrNO7/c1-29-26(33)15-7-6-13-14(5-4-12-8-20(35-2)25(32)21(9-12)36-3)22-17(10-16(13)23(15)27(29)34)24(31)18(28)11-19(22)30/h4-6,8-9,11,14-16,23,32H,7,10H2,1-3H3. The molecule has 0 saturated carbocycles. The van der Waals surface area contributed by atoms with Crippen molar-refractivity contribution in [3.63, 3.8) is 0 Å². The third-order valence-electron chi connectivity index (χ3n) is 7.58. The molecule has 1 aliphatic heterocycles. The summed E-state index contributed by atoms with van der Waals surface area (Å²) >= 11 is 3.21. The molecular formula is C27H24BrNO7. The number of aromatic hydroxyl groups is 1. The van der Waals surface area contributed by atoms with Gasteiger partial charge >= 0.3 is 0 Å². The molecule has 186 valence electrons. The fourth-order valence-corrected chi connectivity index (χ4v) is 6.31. The van der Waals surface area contributed by atoms with Crippen LogP contribution in [0.4, 0.5) is 0 Å². The maximum Gasteiger partial charge on any atom is 0.233 e. The molecule has 1 aromatic carbocycles. The molecule has 3 aliphatic carbocycles. The van der Waals surface area contributed by atoms with E-state index >= 15 is 0 Å². The number of hydrogen-bond acceptors (Lipinski definition) is 7. The van der Waals surface area contributed by atoms with Crippen molar-refractivity contribution in [3.05, 3.63) is 57.1 Å². The van der Waals surface area contributed by atoms with Crippen molar-refractivity contribution in [2.24, 2.45) is 23.7 Å². The van der Waals surface area contributed by atoms with Gasteiger partial charge in [-0.2, -0.15) is 0 Å². The molecule has 0 spiro atoms. The second kappa shape index (κ2) is 8.89. The smallest absolute Gasteiger partial charge is 0.233 e. The Morgan fingerprint density at radius 2 is 1.72 bits per heavy atom. The Kier molecular flexibility index (Phi) is 5.98. The van der Waals surface area contributed by atoms with E-state index in [-0.39, 0.29) is 57.5 Å². The molecule has 0 radical (unpaired) electrons. The SMILES string of the molecule is COc1cc(C=CC2C3=CCC4C(=O)N(C)C(=O)C4C3CC3=C2C(=O)C=C(Br)C3=O)cc(OC)c1O. The van der Waals surface area contributed by atoms with Gasteiger partial charge < -0.3 is 14.6 Å². The number of ketones is 2. The first-order valence-electron chi connectivity index (χ1n) is 11.5. The Morgan fingerprint density at radius 3 is 2.36 bits per heavy atom. The largest absolute Gasteiger partial charge is 0.502 e. The lowest BCUT2D eigenvalue weighted by molar-refractivity contribution is -0.138. The van der Waals surface area contributed by atoms with Gasteiger partial charge in [-0.1, -0.05) is 23.8 Å². The molecule has 4 aliphatic rings. The lowest BCUT2D eigenvalue weighted by atomic mass is 9.61. The van der Waals surface area contributed by atoms with Gasteiger partial charge in [-0.15, -0.1) is 0 Å². The van der Waals surface area contributed by atoms with E-state index in [1.165, 1.54) is 32.2 Å². The molecule has 4 unspecified atom stereocenters. The number of hydrogen-bond donors (Lipinski definition) is 1. The highest BCUT2D eigenvalue weighted by Gasteiger charge is 2.54. The molecule has 0 aromatic heterocycles. The van der Waals surface area contributed by atoms with Gasteiger partial charge in [-0.3, -0.25) is 24.1 Å². The second-order valence-corrected chi connectivity index (χ2v) is 10.2. The number of carbonyl (C=O) groups is 4. The Labute approximate surface area is 216 Å². The van der Waals surface area contributed by atoms with Crippen LogP contribution in [0.3, 0.4) is 0 Å². The number of likely N-dealkylation sites (tertiary alicyclic amines) is 1. The first kappa shape index (κ1) is 24.2.